The fraction of sp³-hybridized carbons (Fsp3) is 0.450. The monoisotopic (exact) mass is 376 g/mol. The molecular weight excluding hydrogens is 352 g/mol. The average molecular weight is 377 g/mol. The molecule has 1 aliphatic rings. The van der Waals surface area contributed by atoms with Crippen molar-refractivity contribution in [3.05, 3.63) is 47.2 Å². The van der Waals surface area contributed by atoms with Crippen LogP contribution in [0.4, 0.5) is 0 Å². The Balaban J connectivity index is 1.83. The molecule has 6 heteroatoms. The van der Waals surface area contributed by atoms with Crippen LogP contribution in [-0.4, -0.2) is 48.3 Å². The van der Waals surface area contributed by atoms with Crippen molar-refractivity contribution in [2.45, 2.75) is 32.3 Å². The number of carbonyl (C=O) groups excluding carboxylic acids is 1. The maximum atomic E-state index is 13.1. The summed E-state index contributed by atoms with van der Waals surface area (Å²) in [6.07, 6.45) is 6.83. The van der Waals surface area contributed by atoms with E-state index >= 15 is 0 Å². The van der Waals surface area contributed by atoms with E-state index in [0.717, 1.165) is 38.1 Å². The first-order valence-electron chi connectivity index (χ1n) is 9.05. The van der Waals surface area contributed by atoms with E-state index in [2.05, 4.69) is 6.92 Å². The maximum absolute atomic E-state index is 13.1. The molecule has 26 heavy (non-hydrogen) atoms. The van der Waals surface area contributed by atoms with Crippen LogP contribution in [0.3, 0.4) is 0 Å². The van der Waals surface area contributed by atoms with Gasteiger partial charge in [-0.25, -0.2) is 0 Å². The highest BCUT2D eigenvalue weighted by atomic mass is 35.5. The number of halogens is 1. The molecule has 2 aromatic rings. The van der Waals surface area contributed by atoms with Gasteiger partial charge in [-0.05, 0) is 37.5 Å². The predicted molar refractivity (Wildman–Crippen MR) is 102 cm³/mol. The van der Waals surface area contributed by atoms with Crippen molar-refractivity contribution in [1.29, 1.82) is 0 Å². The zero-order valence-corrected chi connectivity index (χ0v) is 16.0. The molecule has 0 radical (unpaired) electrons. The van der Waals surface area contributed by atoms with Crippen LogP contribution in [0.5, 0.6) is 5.75 Å². The smallest absolute Gasteiger partial charge is 0.257 e. The average Bonchev–Trinajstić information content (AvgIpc) is 3.20. The van der Waals surface area contributed by atoms with Crippen molar-refractivity contribution in [1.82, 2.24) is 9.47 Å². The molecule has 1 aromatic carbocycles. The Hall–Kier alpha value is -1.98. The summed E-state index contributed by atoms with van der Waals surface area (Å²) in [6, 6.07) is 7.36. The van der Waals surface area contributed by atoms with Crippen molar-refractivity contribution in [3.63, 3.8) is 0 Å². The number of carbonyl (C=O) groups is 1. The molecule has 1 unspecified atom stereocenters. The molecule has 0 bridgehead atoms. The number of aromatic nitrogens is 1. The number of likely N-dealkylation sites (tertiary alicyclic amines) is 1. The summed E-state index contributed by atoms with van der Waals surface area (Å²) in [6.45, 7) is 4.15. The number of hydrogen-bond acceptors (Lipinski definition) is 3. The molecule has 3 rings (SSSR count). The Bertz CT molecular complexity index is 746. The topological polar surface area (TPSA) is 43.7 Å². The summed E-state index contributed by atoms with van der Waals surface area (Å²) in [5.74, 6) is 0.465. The highest BCUT2D eigenvalue weighted by Gasteiger charge is 2.27. The predicted octanol–water partition coefficient (Wildman–Crippen LogP) is 4.17. The van der Waals surface area contributed by atoms with Crippen molar-refractivity contribution in [3.8, 4) is 11.4 Å². The second kappa shape index (κ2) is 8.60. The molecule has 2 heterocycles. The SMILES string of the molecule is CCCOC1CCCN(C(=O)c2cc(Cl)c(-n3cccc3)cc2OC)C1. The minimum atomic E-state index is -0.0624. The molecule has 1 amide bonds. The van der Waals surface area contributed by atoms with Crippen LogP contribution >= 0.6 is 11.6 Å². The number of benzene rings is 1. The van der Waals surface area contributed by atoms with E-state index in [0.29, 0.717) is 22.9 Å². The number of hydrogen-bond donors (Lipinski definition) is 0. The fourth-order valence-electron chi connectivity index (χ4n) is 3.29. The lowest BCUT2D eigenvalue weighted by Gasteiger charge is -2.33. The van der Waals surface area contributed by atoms with Gasteiger partial charge >= 0.3 is 0 Å². The summed E-state index contributed by atoms with van der Waals surface area (Å²) in [7, 11) is 1.57. The van der Waals surface area contributed by atoms with Crippen LogP contribution in [0.25, 0.3) is 5.69 Å². The van der Waals surface area contributed by atoms with Crippen LogP contribution in [-0.2, 0) is 4.74 Å². The number of methoxy groups -OCH3 is 1. The van der Waals surface area contributed by atoms with Crippen molar-refractivity contribution >= 4 is 17.5 Å². The number of nitrogens with zero attached hydrogens (tertiary/aromatic N) is 2. The van der Waals surface area contributed by atoms with Crippen LogP contribution < -0.4 is 4.74 Å². The van der Waals surface area contributed by atoms with Gasteiger partial charge in [0.15, 0.2) is 0 Å². The summed E-state index contributed by atoms with van der Waals surface area (Å²) in [4.78, 5) is 14.9. The number of piperidine rings is 1. The van der Waals surface area contributed by atoms with Crippen molar-refractivity contribution in [2.24, 2.45) is 0 Å². The molecule has 5 nitrogen and oxygen atoms in total. The lowest BCUT2D eigenvalue weighted by molar-refractivity contribution is 0.00202. The summed E-state index contributed by atoms with van der Waals surface area (Å²) in [5.41, 5.74) is 1.28. The summed E-state index contributed by atoms with van der Waals surface area (Å²) in [5, 5.41) is 0.515. The van der Waals surface area contributed by atoms with Gasteiger partial charge in [-0.1, -0.05) is 18.5 Å². The largest absolute Gasteiger partial charge is 0.496 e. The quantitative estimate of drug-likeness (QED) is 0.760. The minimum absolute atomic E-state index is 0.0624. The van der Waals surface area contributed by atoms with Crippen LogP contribution in [0.2, 0.25) is 5.02 Å². The van der Waals surface area contributed by atoms with E-state index < -0.39 is 0 Å². The third-order valence-corrected chi connectivity index (χ3v) is 4.91. The Morgan fingerprint density at radius 3 is 2.77 bits per heavy atom. The highest BCUT2D eigenvalue weighted by Crippen LogP contribution is 2.31. The van der Waals surface area contributed by atoms with Crippen LogP contribution in [0.1, 0.15) is 36.5 Å². The third kappa shape index (κ3) is 4.05. The molecular formula is C20H25ClN2O3. The second-order valence-corrected chi connectivity index (χ2v) is 6.89. The molecule has 140 valence electrons. The van der Waals surface area contributed by atoms with Crippen molar-refractivity contribution < 1.29 is 14.3 Å². The van der Waals surface area contributed by atoms with E-state index in [9.17, 15) is 4.79 Å². The first-order chi connectivity index (χ1) is 12.6. The van der Waals surface area contributed by atoms with Gasteiger partial charge in [0.2, 0.25) is 0 Å². The fourth-order valence-corrected chi connectivity index (χ4v) is 3.55. The molecule has 0 aliphatic carbocycles. The number of rotatable bonds is 6. The van der Waals surface area contributed by atoms with E-state index in [1.807, 2.05) is 40.1 Å². The molecule has 1 aliphatic heterocycles. The van der Waals surface area contributed by atoms with Crippen molar-refractivity contribution in [2.75, 3.05) is 26.8 Å². The van der Waals surface area contributed by atoms with Crippen LogP contribution in [0.15, 0.2) is 36.7 Å². The second-order valence-electron chi connectivity index (χ2n) is 6.48. The normalized spacial score (nSPS) is 17.3. The molecule has 1 fully saturated rings. The van der Waals surface area contributed by atoms with E-state index in [1.165, 1.54) is 0 Å². The maximum Gasteiger partial charge on any atom is 0.257 e. The zero-order chi connectivity index (χ0) is 18.5. The Labute approximate surface area is 159 Å². The lowest BCUT2D eigenvalue weighted by Crippen LogP contribution is -2.43. The Morgan fingerprint density at radius 1 is 1.31 bits per heavy atom. The molecule has 1 atom stereocenters. The summed E-state index contributed by atoms with van der Waals surface area (Å²) < 4.78 is 13.2. The third-order valence-electron chi connectivity index (χ3n) is 4.61. The number of amides is 1. The first kappa shape index (κ1) is 18.8. The van der Waals surface area contributed by atoms with Gasteiger partial charge in [-0.2, -0.15) is 0 Å². The first-order valence-corrected chi connectivity index (χ1v) is 9.43. The van der Waals surface area contributed by atoms with E-state index in [1.54, 1.807) is 13.2 Å². The zero-order valence-electron chi connectivity index (χ0n) is 15.3. The van der Waals surface area contributed by atoms with Gasteiger partial charge in [0.1, 0.15) is 5.75 Å². The van der Waals surface area contributed by atoms with Gasteiger partial charge in [-0.15, -0.1) is 0 Å². The lowest BCUT2D eigenvalue weighted by atomic mass is 10.1. The Morgan fingerprint density at radius 2 is 2.08 bits per heavy atom. The standard InChI is InChI=1S/C20H25ClN2O3/c1-3-11-26-15-7-6-10-23(14-15)20(24)16-12-17(21)18(13-19(16)25-2)22-8-4-5-9-22/h4-5,8-9,12-13,15H,3,6-7,10-11,14H2,1-2H3. The molecule has 0 saturated carbocycles. The van der Waals surface area contributed by atoms with Gasteiger partial charge in [0.05, 0.1) is 29.5 Å². The van der Waals surface area contributed by atoms with E-state index in [4.69, 9.17) is 21.1 Å². The molecule has 0 spiro atoms. The van der Waals surface area contributed by atoms with E-state index in [-0.39, 0.29) is 12.0 Å². The Kier molecular flexibility index (Phi) is 6.22. The molecule has 0 N–H and O–H groups in total. The van der Waals surface area contributed by atoms with Gasteiger partial charge in [-0.3, -0.25) is 4.79 Å². The molecule has 1 saturated heterocycles. The van der Waals surface area contributed by atoms with Gasteiger partial charge < -0.3 is 18.9 Å². The highest BCUT2D eigenvalue weighted by molar-refractivity contribution is 6.33. The molecule has 1 aromatic heterocycles. The van der Waals surface area contributed by atoms with Gasteiger partial charge in [0.25, 0.3) is 5.91 Å². The minimum Gasteiger partial charge on any atom is -0.496 e. The summed E-state index contributed by atoms with van der Waals surface area (Å²) >= 11 is 6.46. The van der Waals surface area contributed by atoms with Gasteiger partial charge in [0, 0.05) is 38.2 Å². The number of ether oxygens (including phenoxy) is 2. The van der Waals surface area contributed by atoms with Crippen LogP contribution in [0, 0.1) is 0 Å².